The second-order valence-electron chi connectivity index (χ2n) is 9.63. The van der Waals surface area contributed by atoms with Gasteiger partial charge in [-0.2, -0.15) is 4.31 Å². The fourth-order valence-electron chi connectivity index (χ4n) is 5.42. The Balaban J connectivity index is 1.48. The standard InChI is InChI=1S/C26H35N3O3S/c1-19-16-20(2)25(21(3)17-19)33(31,32)28-12-10-23(11-13-28)26(30)29-15-14-27(4)18-24(29)22-8-6-5-7-9-22/h5-9,16-17,23-24H,10-15,18H2,1-4H3. The van der Waals surface area contributed by atoms with Crippen LogP contribution in [0.5, 0.6) is 0 Å². The summed E-state index contributed by atoms with van der Waals surface area (Å²) >= 11 is 0. The third-order valence-corrected chi connectivity index (χ3v) is 9.26. The minimum Gasteiger partial charge on any atom is -0.333 e. The van der Waals surface area contributed by atoms with Crippen LogP contribution in [-0.2, 0) is 14.8 Å². The van der Waals surface area contributed by atoms with Crippen LogP contribution < -0.4 is 0 Å². The molecule has 2 aromatic carbocycles. The number of hydrogen-bond acceptors (Lipinski definition) is 4. The quantitative estimate of drug-likeness (QED) is 0.687. The number of carbonyl (C=O) groups is 1. The Labute approximate surface area is 198 Å². The number of benzene rings is 2. The first kappa shape index (κ1) is 23.9. The molecular formula is C26H35N3O3S. The van der Waals surface area contributed by atoms with E-state index in [1.807, 2.05) is 56.0 Å². The molecule has 4 rings (SSSR count). The summed E-state index contributed by atoms with van der Waals surface area (Å²) in [6, 6.07) is 14.1. The van der Waals surface area contributed by atoms with Crippen molar-refractivity contribution in [2.75, 3.05) is 39.8 Å². The summed E-state index contributed by atoms with van der Waals surface area (Å²) in [6.45, 7) is 8.85. The van der Waals surface area contributed by atoms with E-state index in [4.69, 9.17) is 0 Å². The van der Waals surface area contributed by atoms with Crippen molar-refractivity contribution in [3.05, 3.63) is 64.7 Å². The van der Waals surface area contributed by atoms with E-state index < -0.39 is 10.0 Å². The van der Waals surface area contributed by atoms with Gasteiger partial charge in [-0.15, -0.1) is 0 Å². The molecule has 1 unspecified atom stereocenters. The Bertz CT molecular complexity index is 1090. The van der Waals surface area contributed by atoms with E-state index in [9.17, 15) is 13.2 Å². The van der Waals surface area contributed by atoms with E-state index in [1.54, 1.807) is 4.31 Å². The predicted octanol–water partition coefficient (Wildman–Crippen LogP) is 3.53. The molecule has 0 N–H and O–H groups in total. The lowest BCUT2D eigenvalue weighted by atomic mass is 9.94. The molecule has 0 spiro atoms. The fourth-order valence-corrected chi connectivity index (χ4v) is 7.31. The molecule has 33 heavy (non-hydrogen) atoms. The third-order valence-electron chi connectivity index (χ3n) is 7.06. The predicted molar refractivity (Wildman–Crippen MR) is 131 cm³/mol. The summed E-state index contributed by atoms with van der Waals surface area (Å²) < 4.78 is 28.4. The van der Waals surface area contributed by atoms with Gasteiger partial charge in [0.2, 0.25) is 15.9 Å². The van der Waals surface area contributed by atoms with Crippen molar-refractivity contribution >= 4 is 15.9 Å². The molecule has 0 bridgehead atoms. The monoisotopic (exact) mass is 469 g/mol. The van der Waals surface area contributed by atoms with E-state index in [2.05, 4.69) is 24.1 Å². The smallest absolute Gasteiger partial charge is 0.243 e. The Morgan fingerprint density at radius 2 is 1.52 bits per heavy atom. The highest BCUT2D eigenvalue weighted by molar-refractivity contribution is 7.89. The second kappa shape index (κ2) is 9.57. The van der Waals surface area contributed by atoms with E-state index in [0.717, 1.165) is 35.3 Å². The minimum absolute atomic E-state index is 0.0390. The number of piperidine rings is 1. The van der Waals surface area contributed by atoms with Gasteiger partial charge >= 0.3 is 0 Å². The van der Waals surface area contributed by atoms with Gasteiger partial charge < -0.3 is 9.80 Å². The zero-order valence-corrected chi connectivity index (χ0v) is 20.9. The zero-order valence-electron chi connectivity index (χ0n) is 20.1. The molecule has 1 amide bonds. The minimum atomic E-state index is -3.57. The number of carbonyl (C=O) groups excluding carboxylic acids is 1. The van der Waals surface area contributed by atoms with Crippen LogP contribution in [0, 0.1) is 26.7 Å². The van der Waals surface area contributed by atoms with Crippen molar-refractivity contribution < 1.29 is 13.2 Å². The van der Waals surface area contributed by atoms with Crippen molar-refractivity contribution in [1.29, 1.82) is 0 Å². The van der Waals surface area contributed by atoms with Crippen molar-refractivity contribution in [2.45, 2.75) is 44.6 Å². The van der Waals surface area contributed by atoms with Gasteiger partial charge in [0, 0.05) is 38.6 Å². The van der Waals surface area contributed by atoms with Gasteiger partial charge in [-0.05, 0) is 57.4 Å². The van der Waals surface area contributed by atoms with Gasteiger partial charge in [0.15, 0.2) is 0 Å². The fraction of sp³-hybridized carbons (Fsp3) is 0.500. The summed E-state index contributed by atoms with van der Waals surface area (Å²) in [6.07, 6.45) is 1.13. The van der Waals surface area contributed by atoms with Gasteiger partial charge in [0.05, 0.1) is 10.9 Å². The summed E-state index contributed by atoms with van der Waals surface area (Å²) in [5.74, 6) is 0.0305. The van der Waals surface area contributed by atoms with Gasteiger partial charge in [0.1, 0.15) is 0 Å². The van der Waals surface area contributed by atoms with Crippen LogP contribution in [0.25, 0.3) is 0 Å². The average molecular weight is 470 g/mol. The van der Waals surface area contributed by atoms with Crippen molar-refractivity contribution in [3.63, 3.8) is 0 Å². The number of aryl methyl sites for hydroxylation is 3. The summed E-state index contributed by atoms with van der Waals surface area (Å²) in [5, 5.41) is 0. The van der Waals surface area contributed by atoms with Crippen LogP contribution >= 0.6 is 0 Å². The molecule has 2 heterocycles. The summed E-state index contributed by atoms with van der Waals surface area (Å²) in [7, 11) is -1.48. The lowest BCUT2D eigenvalue weighted by Gasteiger charge is -2.43. The van der Waals surface area contributed by atoms with Crippen LogP contribution in [0.3, 0.4) is 0 Å². The highest BCUT2D eigenvalue weighted by atomic mass is 32.2. The summed E-state index contributed by atoms with van der Waals surface area (Å²) in [5.41, 5.74) is 3.79. The highest BCUT2D eigenvalue weighted by Crippen LogP contribution is 2.32. The van der Waals surface area contributed by atoms with Crippen LogP contribution in [-0.4, -0.2) is 68.2 Å². The van der Waals surface area contributed by atoms with Gasteiger partial charge in [-0.3, -0.25) is 4.79 Å². The normalized spacial score (nSPS) is 21.3. The Morgan fingerprint density at radius 3 is 2.12 bits per heavy atom. The zero-order chi connectivity index (χ0) is 23.8. The van der Waals surface area contributed by atoms with Crippen molar-refractivity contribution in [3.8, 4) is 0 Å². The van der Waals surface area contributed by atoms with Crippen LogP contribution in [0.1, 0.15) is 41.1 Å². The number of rotatable bonds is 4. The second-order valence-corrected chi connectivity index (χ2v) is 11.5. The number of piperazine rings is 1. The first-order chi connectivity index (χ1) is 15.7. The molecule has 2 aliphatic heterocycles. The first-order valence-corrected chi connectivity index (χ1v) is 13.2. The molecule has 2 aliphatic rings. The molecule has 2 aromatic rings. The molecule has 0 aromatic heterocycles. The first-order valence-electron chi connectivity index (χ1n) is 11.8. The summed E-state index contributed by atoms with van der Waals surface area (Å²) in [4.78, 5) is 18.3. The number of sulfonamides is 1. The van der Waals surface area contributed by atoms with E-state index in [-0.39, 0.29) is 17.9 Å². The van der Waals surface area contributed by atoms with E-state index in [1.165, 1.54) is 0 Å². The van der Waals surface area contributed by atoms with E-state index in [0.29, 0.717) is 37.4 Å². The Kier molecular flexibility index (Phi) is 6.93. The molecule has 0 aliphatic carbocycles. The van der Waals surface area contributed by atoms with Crippen LogP contribution in [0.4, 0.5) is 0 Å². The number of likely N-dealkylation sites (N-methyl/N-ethyl adjacent to an activating group) is 1. The lowest BCUT2D eigenvalue weighted by Crippen LogP contribution is -2.52. The molecule has 6 nitrogen and oxygen atoms in total. The highest BCUT2D eigenvalue weighted by Gasteiger charge is 2.38. The molecular weight excluding hydrogens is 434 g/mol. The number of hydrogen-bond donors (Lipinski definition) is 0. The lowest BCUT2D eigenvalue weighted by molar-refractivity contribution is -0.141. The molecule has 7 heteroatoms. The maximum Gasteiger partial charge on any atom is 0.243 e. The van der Waals surface area contributed by atoms with Crippen molar-refractivity contribution in [2.24, 2.45) is 5.92 Å². The molecule has 0 radical (unpaired) electrons. The third kappa shape index (κ3) is 4.86. The number of nitrogens with zero attached hydrogens (tertiary/aromatic N) is 3. The van der Waals surface area contributed by atoms with Gasteiger partial charge in [-0.25, -0.2) is 8.42 Å². The number of amides is 1. The SMILES string of the molecule is Cc1cc(C)c(S(=O)(=O)N2CCC(C(=O)N3CCN(C)CC3c3ccccc3)CC2)c(C)c1. The molecule has 178 valence electrons. The van der Waals surface area contributed by atoms with Gasteiger partial charge in [-0.1, -0.05) is 48.0 Å². The molecule has 2 fully saturated rings. The molecule has 0 saturated carbocycles. The Hall–Kier alpha value is -2.22. The van der Waals surface area contributed by atoms with E-state index >= 15 is 0 Å². The van der Waals surface area contributed by atoms with Gasteiger partial charge in [0.25, 0.3) is 0 Å². The van der Waals surface area contributed by atoms with Crippen LogP contribution in [0.2, 0.25) is 0 Å². The topological polar surface area (TPSA) is 60.9 Å². The van der Waals surface area contributed by atoms with Crippen molar-refractivity contribution in [1.82, 2.24) is 14.1 Å². The average Bonchev–Trinajstić information content (AvgIpc) is 2.78. The Morgan fingerprint density at radius 1 is 0.909 bits per heavy atom. The largest absolute Gasteiger partial charge is 0.333 e. The maximum atomic E-state index is 13.6. The molecule has 2 saturated heterocycles. The maximum absolute atomic E-state index is 13.6. The van der Waals surface area contributed by atoms with Crippen LogP contribution in [0.15, 0.2) is 47.4 Å². The molecule has 1 atom stereocenters.